The zero-order valence-corrected chi connectivity index (χ0v) is 12.6. The fourth-order valence-electron chi connectivity index (χ4n) is 1.92. The van der Waals surface area contributed by atoms with E-state index in [2.05, 4.69) is 10.6 Å². The fraction of sp³-hybridized carbons (Fsp3) is 0.176. The van der Waals surface area contributed by atoms with Gasteiger partial charge in [0.25, 0.3) is 0 Å². The molecule has 0 saturated carbocycles. The average molecular weight is 316 g/mol. The lowest BCUT2D eigenvalue weighted by Crippen LogP contribution is -2.21. The highest BCUT2D eigenvalue weighted by Crippen LogP contribution is 2.16. The van der Waals surface area contributed by atoms with Gasteiger partial charge < -0.3 is 15.4 Å². The monoisotopic (exact) mass is 316 g/mol. The Morgan fingerprint density at radius 1 is 1.00 bits per heavy atom. The molecule has 0 bridgehead atoms. The van der Waals surface area contributed by atoms with E-state index in [9.17, 15) is 14.0 Å². The van der Waals surface area contributed by atoms with Gasteiger partial charge in [-0.1, -0.05) is 6.07 Å². The summed E-state index contributed by atoms with van der Waals surface area (Å²) in [4.78, 5) is 23.6. The third kappa shape index (κ3) is 5.43. The molecule has 0 aliphatic heterocycles. The molecule has 0 aromatic heterocycles. The zero-order valence-electron chi connectivity index (χ0n) is 12.6. The van der Waals surface area contributed by atoms with Crippen molar-refractivity contribution in [3.05, 3.63) is 54.3 Å². The van der Waals surface area contributed by atoms with Crippen LogP contribution >= 0.6 is 0 Å². The SMILES string of the molecule is CCOc1ccc(NC(=O)CC(=O)Nc2cccc(F)c2)cc1. The van der Waals surface area contributed by atoms with Crippen LogP contribution in [0.2, 0.25) is 0 Å². The molecule has 0 aliphatic carbocycles. The van der Waals surface area contributed by atoms with Gasteiger partial charge in [-0.2, -0.15) is 0 Å². The predicted molar refractivity (Wildman–Crippen MR) is 85.9 cm³/mol. The molecule has 2 N–H and O–H groups in total. The molecule has 23 heavy (non-hydrogen) atoms. The quantitative estimate of drug-likeness (QED) is 0.804. The van der Waals surface area contributed by atoms with E-state index in [1.807, 2.05) is 6.92 Å². The summed E-state index contributed by atoms with van der Waals surface area (Å²) in [6.45, 7) is 2.44. The Hall–Kier alpha value is -2.89. The highest BCUT2D eigenvalue weighted by atomic mass is 19.1. The Morgan fingerprint density at radius 2 is 1.65 bits per heavy atom. The number of nitrogens with one attached hydrogen (secondary N) is 2. The van der Waals surface area contributed by atoms with Gasteiger partial charge >= 0.3 is 0 Å². The number of amides is 2. The maximum Gasteiger partial charge on any atom is 0.233 e. The van der Waals surface area contributed by atoms with Gasteiger partial charge in [-0.25, -0.2) is 4.39 Å². The van der Waals surface area contributed by atoms with Crippen molar-refractivity contribution in [2.75, 3.05) is 17.2 Å². The molecule has 0 heterocycles. The summed E-state index contributed by atoms with van der Waals surface area (Å²) < 4.78 is 18.3. The van der Waals surface area contributed by atoms with Crippen LogP contribution < -0.4 is 15.4 Å². The van der Waals surface area contributed by atoms with E-state index >= 15 is 0 Å². The predicted octanol–water partition coefficient (Wildman–Crippen LogP) is 3.19. The molecule has 2 aromatic rings. The summed E-state index contributed by atoms with van der Waals surface area (Å²) in [5.41, 5.74) is 0.876. The molecule has 0 unspecified atom stereocenters. The largest absolute Gasteiger partial charge is 0.494 e. The second kappa shape index (κ2) is 7.93. The lowest BCUT2D eigenvalue weighted by molar-refractivity contribution is -0.123. The molecule has 0 radical (unpaired) electrons. The van der Waals surface area contributed by atoms with Crippen molar-refractivity contribution in [2.45, 2.75) is 13.3 Å². The molecule has 2 aromatic carbocycles. The summed E-state index contributed by atoms with van der Waals surface area (Å²) in [6.07, 6.45) is -0.357. The number of hydrogen-bond acceptors (Lipinski definition) is 3. The van der Waals surface area contributed by atoms with E-state index in [0.29, 0.717) is 23.7 Å². The maximum atomic E-state index is 13.0. The first-order valence-electron chi connectivity index (χ1n) is 7.15. The van der Waals surface area contributed by atoms with E-state index in [4.69, 9.17) is 4.74 Å². The summed E-state index contributed by atoms with van der Waals surface area (Å²) in [5.74, 6) is -0.724. The van der Waals surface area contributed by atoms with Crippen LogP contribution in [0.3, 0.4) is 0 Å². The third-order valence-corrected chi connectivity index (χ3v) is 2.88. The highest BCUT2D eigenvalue weighted by Gasteiger charge is 2.10. The lowest BCUT2D eigenvalue weighted by atomic mass is 10.2. The lowest BCUT2D eigenvalue weighted by Gasteiger charge is -2.08. The second-order valence-electron chi connectivity index (χ2n) is 4.74. The molecule has 0 spiro atoms. The molecule has 5 nitrogen and oxygen atoms in total. The molecule has 0 fully saturated rings. The smallest absolute Gasteiger partial charge is 0.233 e. The van der Waals surface area contributed by atoms with Crippen LogP contribution in [0, 0.1) is 5.82 Å². The van der Waals surface area contributed by atoms with Gasteiger partial charge in [0.15, 0.2) is 0 Å². The third-order valence-electron chi connectivity index (χ3n) is 2.88. The minimum Gasteiger partial charge on any atom is -0.494 e. The van der Waals surface area contributed by atoms with E-state index in [0.717, 1.165) is 0 Å². The number of hydrogen-bond donors (Lipinski definition) is 2. The van der Waals surface area contributed by atoms with Gasteiger partial charge in [0, 0.05) is 11.4 Å². The summed E-state index contributed by atoms with van der Waals surface area (Å²) in [7, 11) is 0. The molecule has 0 saturated heterocycles. The number of benzene rings is 2. The van der Waals surface area contributed by atoms with Crippen molar-refractivity contribution in [1.82, 2.24) is 0 Å². The van der Waals surface area contributed by atoms with Gasteiger partial charge in [0.1, 0.15) is 18.0 Å². The number of rotatable bonds is 6. The fourth-order valence-corrected chi connectivity index (χ4v) is 1.92. The first-order valence-corrected chi connectivity index (χ1v) is 7.15. The standard InChI is InChI=1S/C17H17FN2O3/c1-2-23-15-8-6-13(7-9-15)19-16(21)11-17(22)20-14-5-3-4-12(18)10-14/h3-10H,2,11H2,1H3,(H,19,21)(H,20,22). The van der Waals surface area contributed by atoms with Gasteiger partial charge in [-0.05, 0) is 49.4 Å². The van der Waals surface area contributed by atoms with Crippen LogP contribution in [0.5, 0.6) is 5.75 Å². The van der Waals surface area contributed by atoms with E-state index in [1.54, 1.807) is 30.3 Å². The first kappa shape index (κ1) is 16.5. The number of carbonyl (C=O) groups excluding carboxylic acids is 2. The summed E-state index contributed by atoms with van der Waals surface area (Å²) in [5, 5.41) is 5.08. The van der Waals surface area contributed by atoms with E-state index in [1.165, 1.54) is 18.2 Å². The van der Waals surface area contributed by atoms with E-state index in [-0.39, 0.29) is 6.42 Å². The number of ether oxygens (including phenoxy) is 1. The molecular formula is C17H17FN2O3. The Labute approximate surface area is 133 Å². The van der Waals surface area contributed by atoms with Gasteiger partial charge in [0.05, 0.1) is 6.61 Å². The minimum atomic E-state index is -0.515. The number of halogens is 1. The van der Waals surface area contributed by atoms with Crippen LogP contribution in [-0.2, 0) is 9.59 Å². The van der Waals surface area contributed by atoms with Crippen molar-refractivity contribution in [3.8, 4) is 5.75 Å². The Balaban J connectivity index is 1.85. The molecule has 2 rings (SSSR count). The van der Waals surface area contributed by atoms with Gasteiger partial charge in [0.2, 0.25) is 11.8 Å². The van der Waals surface area contributed by atoms with Gasteiger partial charge in [-0.3, -0.25) is 9.59 Å². The Kier molecular flexibility index (Phi) is 5.68. The second-order valence-corrected chi connectivity index (χ2v) is 4.74. The number of anilines is 2. The van der Waals surface area contributed by atoms with Crippen LogP contribution in [0.25, 0.3) is 0 Å². The first-order chi connectivity index (χ1) is 11.1. The van der Waals surface area contributed by atoms with Gasteiger partial charge in [-0.15, -0.1) is 0 Å². The van der Waals surface area contributed by atoms with Crippen molar-refractivity contribution in [2.24, 2.45) is 0 Å². The molecule has 6 heteroatoms. The molecule has 0 aliphatic rings. The van der Waals surface area contributed by atoms with Crippen molar-refractivity contribution < 1.29 is 18.7 Å². The van der Waals surface area contributed by atoms with Crippen LogP contribution in [0.4, 0.5) is 15.8 Å². The topological polar surface area (TPSA) is 67.4 Å². The molecule has 2 amide bonds. The Bertz CT molecular complexity index is 686. The van der Waals surface area contributed by atoms with E-state index < -0.39 is 17.6 Å². The van der Waals surface area contributed by atoms with Crippen molar-refractivity contribution >= 4 is 23.2 Å². The van der Waals surface area contributed by atoms with Crippen molar-refractivity contribution in [1.29, 1.82) is 0 Å². The van der Waals surface area contributed by atoms with Crippen LogP contribution in [0.15, 0.2) is 48.5 Å². The average Bonchev–Trinajstić information content (AvgIpc) is 2.49. The highest BCUT2D eigenvalue weighted by molar-refractivity contribution is 6.08. The Morgan fingerprint density at radius 3 is 2.26 bits per heavy atom. The zero-order chi connectivity index (χ0) is 16.7. The summed E-state index contributed by atoms with van der Waals surface area (Å²) in [6, 6.07) is 12.3. The minimum absolute atomic E-state index is 0.309. The molecule has 120 valence electrons. The molecular weight excluding hydrogens is 299 g/mol. The van der Waals surface area contributed by atoms with Crippen LogP contribution in [-0.4, -0.2) is 18.4 Å². The maximum absolute atomic E-state index is 13.0. The number of carbonyl (C=O) groups is 2. The summed E-state index contributed by atoms with van der Waals surface area (Å²) >= 11 is 0. The molecule has 0 atom stereocenters. The normalized spacial score (nSPS) is 10.0. The van der Waals surface area contributed by atoms with Crippen molar-refractivity contribution in [3.63, 3.8) is 0 Å². The van der Waals surface area contributed by atoms with Crippen LogP contribution in [0.1, 0.15) is 13.3 Å².